The van der Waals surface area contributed by atoms with Crippen LogP contribution in [-0.2, 0) is 18.3 Å². The summed E-state index contributed by atoms with van der Waals surface area (Å²) in [6, 6.07) is 15.3. The standard InChI is InChI=1S/C22H26N4O3/c1-16(2)29-20-8-4-17(5-9-20)12-13-23-21(27)14-28-19-10-6-18(7-11-19)22-24-15-26(3)25-22/h4-11,15-16H,12-14H2,1-3H3,(H,23,27). The van der Waals surface area contributed by atoms with E-state index in [4.69, 9.17) is 9.47 Å². The average molecular weight is 394 g/mol. The Morgan fingerprint density at radius 3 is 2.38 bits per heavy atom. The van der Waals surface area contributed by atoms with Crippen molar-refractivity contribution in [3.05, 3.63) is 60.4 Å². The number of carbonyl (C=O) groups is 1. The molecule has 1 aromatic heterocycles. The first-order valence-electron chi connectivity index (χ1n) is 9.61. The van der Waals surface area contributed by atoms with E-state index in [0.29, 0.717) is 18.1 Å². The molecule has 3 aromatic rings. The van der Waals surface area contributed by atoms with Crippen molar-refractivity contribution in [1.29, 1.82) is 0 Å². The molecule has 0 saturated heterocycles. The Balaban J connectivity index is 1.38. The summed E-state index contributed by atoms with van der Waals surface area (Å²) in [7, 11) is 1.82. The van der Waals surface area contributed by atoms with Crippen LogP contribution >= 0.6 is 0 Å². The number of benzene rings is 2. The molecule has 1 N–H and O–H groups in total. The van der Waals surface area contributed by atoms with Crippen molar-refractivity contribution in [2.75, 3.05) is 13.2 Å². The minimum absolute atomic E-state index is 0.0254. The Morgan fingerprint density at radius 2 is 1.76 bits per heavy atom. The Hall–Kier alpha value is -3.35. The van der Waals surface area contributed by atoms with Crippen LogP contribution in [0.4, 0.5) is 0 Å². The SMILES string of the molecule is CC(C)Oc1ccc(CCNC(=O)COc2ccc(-c3ncn(C)n3)cc2)cc1. The van der Waals surface area contributed by atoms with Crippen molar-refractivity contribution < 1.29 is 14.3 Å². The zero-order valence-electron chi connectivity index (χ0n) is 17.0. The number of aryl methyl sites for hydroxylation is 1. The van der Waals surface area contributed by atoms with E-state index in [1.165, 1.54) is 0 Å². The Kier molecular flexibility index (Phi) is 6.84. The largest absolute Gasteiger partial charge is 0.491 e. The van der Waals surface area contributed by atoms with Gasteiger partial charge in [-0.05, 0) is 62.2 Å². The van der Waals surface area contributed by atoms with Gasteiger partial charge in [-0.1, -0.05) is 12.1 Å². The molecule has 2 aromatic carbocycles. The zero-order chi connectivity index (χ0) is 20.6. The van der Waals surface area contributed by atoms with Crippen LogP contribution in [-0.4, -0.2) is 39.9 Å². The molecule has 0 unspecified atom stereocenters. The number of nitrogens with zero attached hydrogens (tertiary/aromatic N) is 3. The molecule has 0 aliphatic heterocycles. The van der Waals surface area contributed by atoms with Crippen molar-refractivity contribution in [3.63, 3.8) is 0 Å². The van der Waals surface area contributed by atoms with Gasteiger partial charge in [-0.2, -0.15) is 5.10 Å². The number of carbonyl (C=O) groups excluding carboxylic acids is 1. The number of hydrogen-bond acceptors (Lipinski definition) is 5. The number of rotatable bonds is 9. The lowest BCUT2D eigenvalue weighted by Crippen LogP contribution is -2.30. The van der Waals surface area contributed by atoms with Crippen molar-refractivity contribution in [2.24, 2.45) is 7.05 Å². The highest BCUT2D eigenvalue weighted by Gasteiger charge is 2.06. The number of amides is 1. The second-order valence-corrected chi connectivity index (χ2v) is 6.97. The van der Waals surface area contributed by atoms with Gasteiger partial charge in [0.15, 0.2) is 12.4 Å². The molecule has 0 fully saturated rings. The summed E-state index contributed by atoms with van der Waals surface area (Å²) in [6.07, 6.45) is 2.56. The van der Waals surface area contributed by atoms with E-state index in [9.17, 15) is 4.79 Å². The molecule has 1 amide bonds. The highest BCUT2D eigenvalue weighted by molar-refractivity contribution is 5.77. The molecule has 0 atom stereocenters. The van der Waals surface area contributed by atoms with Crippen LogP contribution in [0, 0.1) is 0 Å². The number of ether oxygens (including phenoxy) is 2. The summed E-state index contributed by atoms with van der Waals surface area (Å²) >= 11 is 0. The van der Waals surface area contributed by atoms with Crippen LogP contribution in [0.1, 0.15) is 19.4 Å². The number of nitrogens with one attached hydrogen (secondary N) is 1. The van der Waals surface area contributed by atoms with Gasteiger partial charge in [0.25, 0.3) is 5.91 Å². The molecule has 0 spiro atoms. The summed E-state index contributed by atoms with van der Waals surface area (Å²) in [5.74, 6) is 1.98. The molecule has 3 rings (SSSR count). The van der Waals surface area contributed by atoms with Gasteiger partial charge in [-0.15, -0.1) is 0 Å². The van der Waals surface area contributed by atoms with E-state index in [1.807, 2.05) is 57.3 Å². The van der Waals surface area contributed by atoms with Gasteiger partial charge in [-0.25, -0.2) is 4.98 Å². The van der Waals surface area contributed by atoms with Gasteiger partial charge < -0.3 is 14.8 Å². The number of aromatic nitrogens is 3. The van der Waals surface area contributed by atoms with Crippen LogP contribution in [0.25, 0.3) is 11.4 Å². The maximum atomic E-state index is 12.0. The maximum Gasteiger partial charge on any atom is 0.257 e. The third kappa shape index (κ3) is 6.34. The van der Waals surface area contributed by atoms with Crippen LogP contribution in [0.5, 0.6) is 11.5 Å². The van der Waals surface area contributed by atoms with Crippen molar-refractivity contribution in [2.45, 2.75) is 26.4 Å². The summed E-state index contributed by atoms with van der Waals surface area (Å²) < 4.78 is 12.8. The maximum absolute atomic E-state index is 12.0. The van der Waals surface area contributed by atoms with Crippen LogP contribution in [0.15, 0.2) is 54.9 Å². The molecule has 0 saturated carbocycles. The van der Waals surface area contributed by atoms with Crippen LogP contribution in [0.2, 0.25) is 0 Å². The lowest BCUT2D eigenvalue weighted by atomic mass is 10.1. The van der Waals surface area contributed by atoms with E-state index < -0.39 is 0 Å². The van der Waals surface area contributed by atoms with Gasteiger partial charge in [0, 0.05) is 19.2 Å². The summed E-state index contributed by atoms with van der Waals surface area (Å²) in [5, 5.41) is 7.12. The predicted octanol–water partition coefficient (Wildman–Crippen LogP) is 3.01. The normalized spacial score (nSPS) is 10.8. The monoisotopic (exact) mass is 394 g/mol. The Bertz CT molecular complexity index is 918. The molecule has 7 nitrogen and oxygen atoms in total. The third-order valence-corrected chi connectivity index (χ3v) is 4.11. The first kappa shape index (κ1) is 20.4. The van der Waals surface area contributed by atoms with E-state index in [1.54, 1.807) is 23.1 Å². The minimum Gasteiger partial charge on any atom is -0.491 e. The highest BCUT2D eigenvalue weighted by Crippen LogP contribution is 2.19. The lowest BCUT2D eigenvalue weighted by Gasteiger charge is -2.10. The topological polar surface area (TPSA) is 78.3 Å². The number of hydrogen-bond donors (Lipinski definition) is 1. The molecule has 0 aliphatic rings. The third-order valence-electron chi connectivity index (χ3n) is 4.11. The Labute approximate surface area is 170 Å². The second-order valence-electron chi connectivity index (χ2n) is 6.97. The predicted molar refractivity (Wildman–Crippen MR) is 111 cm³/mol. The molecule has 0 aliphatic carbocycles. The average Bonchev–Trinajstić information content (AvgIpc) is 3.14. The van der Waals surface area contributed by atoms with Crippen LogP contribution < -0.4 is 14.8 Å². The van der Waals surface area contributed by atoms with Crippen LogP contribution in [0.3, 0.4) is 0 Å². The molecule has 0 bridgehead atoms. The first-order valence-corrected chi connectivity index (χ1v) is 9.61. The first-order chi connectivity index (χ1) is 14.0. The molecule has 0 radical (unpaired) electrons. The minimum atomic E-state index is -0.153. The van der Waals surface area contributed by atoms with Gasteiger partial charge in [0.2, 0.25) is 0 Å². The zero-order valence-corrected chi connectivity index (χ0v) is 17.0. The smallest absolute Gasteiger partial charge is 0.257 e. The van der Waals surface area contributed by atoms with Crippen molar-refractivity contribution in [3.8, 4) is 22.9 Å². The van der Waals surface area contributed by atoms with Gasteiger partial charge in [0.05, 0.1) is 6.10 Å². The molecule has 152 valence electrons. The van der Waals surface area contributed by atoms with Crippen molar-refractivity contribution >= 4 is 5.91 Å². The molecule has 1 heterocycles. The quantitative estimate of drug-likeness (QED) is 0.604. The molecule has 29 heavy (non-hydrogen) atoms. The van der Waals surface area contributed by atoms with E-state index in [-0.39, 0.29) is 18.6 Å². The van der Waals surface area contributed by atoms with Gasteiger partial charge in [-0.3, -0.25) is 9.48 Å². The fourth-order valence-electron chi connectivity index (χ4n) is 2.72. The summed E-state index contributed by atoms with van der Waals surface area (Å²) in [4.78, 5) is 16.2. The lowest BCUT2D eigenvalue weighted by molar-refractivity contribution is -0.123. The van der Waals surface area contributed by atoms with E-state index in [0.717, 1.165) is 23.3 Å². The summed E-state index contributed by atoms with van der Waals surface area (Å²) in [6.45, 7) is 4.52. The van der Waals surface area contributed by atoms with E-state index in [2.05, 4.69) is 15.4 Å². The second kappa shape index (κ2) is 9.73. The molecule has 7 heteroatoms. The summed E-state index contributed by atoms with van der Waals surface area (Å²) in [5.41, 5.74) is 2.04. The molecular weight excluding hydrogens is 368 g/mol. The fraction of sp³-hybridized carbons (Fsp3) is 0.318. The fourth-order valence-corrected chi connectivity index (χ4v) is 2.72. The highest BCUT2D eigenvalue weighted by atomic mass is 16.5. The molecular formula is C22H26N4O3. The van der Waals surface area contributed by atoms with E-state index >= 15 is 0 Å². The van der Waals surface area contributed by atoms with Gasteiger partial charge in [0.1, 0.15) is 17.8 Å². The van der Waals surface area contributed by atoms with Crippen molar-refractivity contribution in [1.82, 2.24) is 20.1 Å². The van der Waals surface area contributed by atoms with Gasteiger partial charge >= 0.3 is 0 Å². The Morgan fingerprint density at radius 1 is 1.07 bits per heavy atom.